The van der Waals surface area contributed by atoms with Crippen LogP contribution in [0.3, 0.4) is 0 Å². The summed E-state index contributed by atoms with van der Waals surface area (Å²) < 4.78 is 18.7. The molecule has 0 bridgehead atoms. The van der Waals surface area contributed by atoms with Crippen molar-refractivity contribution in [3.05, 3.63) is 24.1 Å². The fourth-order valence-electron chi connectivity index (χ4n) is 3.27. The molecular weight excluding hydrogens is 271 g/mol. The molecule has 3 rings (SSSR count). The molecule has 2 fully saturated rings. The monoisotopic (exact) mass is 292 g/mol. The minimum absolute atomic E-state index is 0.0770. The Morgan fingerprint density at radius 3 is 2.90 bits per heavy atom. The van der Waals surface area contributed by atoms with Crippen molar-refractivity contribution in [1.82, 2.24) is 9.88 Å². The molecule has 21 heavy (non-hydrogen) atoms. The number of pyridine rings is 1. The van der Waals surface area contributed by atoms with Gasteiger partial charge in [-0.05, 0) is 24.8 Å². The third-order valence-electron chi connectivity index (χ3n) is 4.41. The molecule has 0 radical (unpaired) electrons. The van der Waals surface area contributed by atoms with E-state index >= 15 is 0 Å². The molecular formula is C16H21FN2O2. The Morgan fingerprint density at radius 1 is 1.33 bits per heavy atom. The third-order valence-corrected chi connectivity index (χ3v) is 4.41. The summed E-state index contributed by atoms with van der Waals surface area (Å²) in [7, 11) is 0. The molecule has 1 saturated heterocycles. The zero-order valence-electron chi connectivity index (χ0n) is 12.1. The quantitative estimate of drug-likeness (QED) is 0.801. The first-order chi connectivity index (χ1) is 10.2. The first-order valence-electron chi connectivity index (χ1n) is 7.78. The van der Waals surface area contributed by atoms with Crippen LogP contribution >= 0.6 is 0 Å². The second-order valence-corrected chi connectivity index (χ2v) is 6.02. The molecule has 5 heteroatoms. The van der Waals surface area contributed by atoms with Gasteiger partial charge in [0.25, 0.3) is 0 Å². The molecule has 2 aliphatic rings. The average molecular weight is 292 g/mol. The minimum Gasteiger partial charge on any atom is -0.472 e. The number of rotatable bonds is 4. The second-order valence-electron chi connectivity index (χ2n) is 6.02. The summed E-state index contributed by atoms with van der Waals surface area (Å²) >= 11 is 0. The van der Waals surface area contributed by atoms with E-state index in [1.165, 1.54) is 31.7 Å². The fourth-order valence-corrected chi connectivity index (χ4v) is 3.27. The van der Waals surface area contributed by atoms with Gasteiger partial charge in [-0.15, -0.1) is 0 Å². The maximum atomic E-state index is 13.0. The van der Waals surface area contributed by atoms with Crippen LogP contribution in [0.25, 0.3) is 0 Å². The zero-order chi connectivity index (χ0) is 14.7. The van der Waals surface area contributed by atoms with E-state index in [2.05, 4.69) is 4.98 Å². The number of nitrogens with zero attached hydrogens (tertiary/aromatic N) is 2. The Morgan fingerprint density at radius 2 is 2.14 bits per heavy atom. The molecule has 114 valence electrons. The summed E-state index contributed by atoms with van der Waals surface area (Å²) in [6.45, 7) is 1.31. The highest BCUT2D eigenvalue weighted by Gasteiger charge is 2.29. The van der Waals surface area contributed by atoms with Crippen LogP contribution in [0.4, 0.5) is 4.39 Å². The third kappa shape index (κ3) is 3.71. The highest BCUT2D eigenvalue weighted by molar-refractivity contribution is 5.76. The Balaban J connectivity index is 1.49. The lowest BCUT2D eigenvalue weighted by molar-refractivity contribution is -0.131. The van der Waals surface area contributed by atoms with E-state index in [1.807, 2.05) is 4.90 Å². The van der Waals surface area contributed by atoms with Crippen molar-refractivity contribution in [2.75, 3.05) is 13.1 Å². The van der Waals surface area contributed by atoms with E-state index in [4.69, 9.17) is 4.74 Å². The van der Waals surface area contributed by atoms with Gasteiger partial charge in [-0.3, -0.25) is 4.79 Å². The van der Waals surface area contributed by atoms with Crippen molar-refractivity contribution in [3.63, 3.8) is 0 Å². The van der Waals surface area contributed by atoms with Gasteiger partial charge in [0.2, 0.25) is 17.7 Å². The number of aromatic nitrogens is 1. The molecule has 4 nitrogen and oxygen atoms in total. The maximum Gasteiger partial charge on any atom is 0.222 e. The SMILES string of the molecule is O=C(CC1CCCC1)N1CCC(Oc2cccc(F)n2)C1. The highest BCUT2D eigenvalue weighted by atomic mass is 19.1. The van der Waals surface area contributed by atoms with Gasteiger partial charge in [0.1, 0.15) is 6.10 Å². The van der Waals surface area contributed by atoms with Crippen molar-refractivity contribution in [1.29, 1.82) is 0 Å². The summed E-state index contributed by atoms with van der Waals surface area (Å²) in [4.78, 5) is 17.8. The molecule has 2 heterocycles. The van der Waals surface area contributed by atoms with Crippen molar-refractivity contribution >= 4 is 5.91 Å². The van der Waals surface area contributed by atoms with Crippen molar-refractivity contribution in [2.24, 2.45) is 5.92 Å². The number of halogens is 1. The number of carbonyl (C=O) groups excluding carboxylic acids is 1. The van der Waals surface area contributed by atoms with Crippen LogP contribution < -0.4 is 4.74 Å². The van der Waals surface area contributed by atoms with Crippen LogP contribution in [0.1, 0.15) is 38.5 Å². The van der Waals surface area contributed by atoms with E-state index in [0.717, 1.165) is 13.0 Å². The summed E-state index contributed by atoms with van der Waals surface area (Å²) in [5.41, 5.74) is 0. The van der Waals surface area contributed by atoms with E-state index in [-0.39, 0.29) is 12.0 Å². The molecule has 0 spiro atoms. The van der Waals surface area contributed by atoms with Crippen LogP contribution in [-0.2, 0) is 4.79 Å². The lowest BCUT2D eigenvalue weighted by Gasteiger charge is -2.19. The number of hydrogen-bond acceptors (Lipinski definition) is 3. The number of ether oxygens (including phenoxy) is 1. The molecule has 1 aromatic rings. The Hall–Kier alpha value is -1.65. The lowest BCUT2D eigenvalue weighted by Crippen LogP contribution is -2.32. The number of hydrogen-bond donors (Lipinski definition) is 0. The van der Waals surface area contributed by atoms with E-state index in [0.29, 0.717) is 24.8 Å². The minimum atomic E-state index is -0.542. The summed E-state index contributed by atoms with van der Waals surface area (Å²) in [5, 5.41) is 0. The lowest BCUT2D eigenvalue weighted by atomic mass is 10.0. The van der Waals surface area contributed by atoms with Gasteiger partial charge >= 0.3 is 0 Å². The normalized spacial score (nSPS) is 22.7. The van der Waals surface area contributed by atoms with Crippen LogP contribution in [-0.4, -0.2) is 35.0 Å². The first-order valence-corrected chi connectivity index (χ1v) is 7.78. The van der Waals surface area contributed by atoms with Crippen LogP contribution in [0.5, 0.6) is 5.88 Å². The molecule has 0 aromatic carbocycles. The van der Waals surface area contributed by atoms with Gasteiger partial charge in [0, 0.05) is 25.5 Å². The largest absolute Gasteiger partial charge is 0.472 e. The van der Waals surface area contributed by atoms with Gasteiger partial charge in [-0.1, -0.05) is 18.9 Å². The average Bonchev–Trinajstić information content (AvgIpc) is 3.10. The van der Waals surface area contributed by atoms with E-state index < -0.39 is 5.95 Å². The van der Waals surface area contributed by atoms with Crippen LogP contribution in [0.2, 0.25) is 0 Å². The molecule has 1 unspecified atom stereocenters. The smallest absolute Gasteiger partial charge is 0.222 e. The number of carbonyl (C=O) groups is 1. The van der Waals surface area contributed by atoms with Gasteiger partial charge in [0.15, 0.2) is 0 Å². The molecule has 1 aromatic heterocycles. The summed E-state index contributed by atoms with van der Waals surface area (Å²) in [6, 6.07) is 4.51. The molecule has 1 amide bonds. The van der Waals surface area contributed by atoms with Gasteiger partial charge in [0.05, 0.1) is 6.54 Å². The van der Waals surface area contributed by atoms with Crippen molar-refractivity contribution in [2.45, 2.75) is 44.6 Å². The Bertz CT molecular complexity index is 503. The zero-order valence-corrected chi connectivity index (χ0v) is 12.1. The van der Waals surface area contributed by atoms with Crippen molar-refractivity contribution in [3.8, 4) is 5.88 Å². The molecule has 1 saturated carbocycles. The Labute approximate surface area is 124 Å². The standard InChI is InChI=1S/C16H21FN2O2/c17-14-6-3-7-15(18-14)21-13-8-9-19(11-13)16(20)10-12-4-1-2-5-12/h3,6-7,12-13H,1-2,4-5,8-11H2. The van der Waals surface area contributed by atoms with Crippen LogP contribution in [0.15, 0.2) is 18.2 Å². The molecule has 1 atom stereocenters. The van der Waals surface area contributed by atoms with Crippen molar-refractivity contribution < 1.29 is 13.9 Å². The number of likely N-dealkylation sites (tertiary alicyclic amines) is 1. The molecule has 0 N–H and O–H groups in total. The second kappa shape index (κ2) is 6.41. The topological polar surface area (TPSA) is 42.4 Å². The first kappa shape index (κ1) is 14.3. The summed E-state index contributed by atoms with van der Waals surface area (Å²) in [5.74, 6) is 0.562. The summed E-state index contributed by atoms with van der Waals surface area (Å²) in [6.07, 6.45) is 6.27. The Kier molecular flexibility index (Phi) is 4.36. The fraction of sp³-hybridized carbons (Fsp3) is 0.625. The molecule has 1 aliphatic carbocycles. The van der Waals surface area contributed by atoms with Crippen LogP contribution in [0, 0.1) is 11.9 Å². The molecule has 1 aliphatic heterocycles. The van der Waals surface area contributed by atoms with E-state index in [9.17, 15) is 9.18 Å². The van der Waals surface area contributed by atoms with E-state index in [1.54, 1.807) is 12.1 Å². The van der Waals surface area contributed by atoms with Gasteiger partial charge in [-0.25, -0.2) is 0 Å². The maximum absolute atomic E-state index is 13.0. The van der Waals surface area contributed by atoms with Gasteiger partial charge < -0.3 is 9.64 Å². The predicted octanol–water partition coefficient (Wildman–Crippen LogP) is 2.78. The highest BCUT2D eigenvalue weighted by Crippen LogP contribution is 2.28. The predicted molar refractivity (Wildman–Crippen MR) is 76.4 cm³/mol. The van der Waals surface area contributed by atoms with Gasteiger partial charge in [-0.2, -0.15) is 9.37 Å². The number of amides is 1.